The van der Waals surface area contributed by atoms with Gasteiger partial charge < -0.3 is 10.2 Å². The van der Waals surface area contributed by atoms with E-state index in [9.17, 15) is 0 Å². The Morgan fingerprint density at radius 2 is 1.95 bits per heavy atom. The summed E-state index contributed by atoms with van der Waals surface area (Å²) >= 11 is 0. The number of nitrogens with one attached hydrogen (secondary N) is 1. The van der Waals surface area contributed by atoms with Crippen molar-refractivity contribution in [1.82, 2.24) is 9.97 Å². The second kappa shape index (κ2) is 6.26. The van der Waals surface area contributed by atoms with Crippen LogP contribution in [0.2, 0.25) is 0 Å². The number of anilines is 1. The molecule has 1 aromatic heterocycles. The van der Waals surface area contributed by atoms with Crippen LogP contribution in [0.25, 0.3) is 11.3 Å². The van der Waals surface area contributed by atoms with E-state index in [1.54, 1.807) is 0 Å². The summed E-state index contributed by atoms with van der Waals surface area (Å²) in [5, 5.41) is 0. The van der Waals surface area contributed by atoms with Crippen molar-refractivity contribution in [3.8, 4) is 11.3 Å². The molecule has 2 aromatic rings. The molecule has 100 valence electrons. The molecule has 0 atom stereocenters. The van der Waals surface area contributed by atoms with Crippen LogP contribution in [0.5, 0.6) is 0 Å². The van der Waals surface area contributed by atoms with Crippen LogP contribution in [-0.2, 0) is 11.3 Å². The summed E-state index contributed by atoms with van der Waals surface area (Å²) in [6.45, 7) is 4.89. The predicted molar refractivity (Wildman–Crippen MR) is 75.3 cm³/mol. The topological polar surface area (TPSA) is 73.1 Å². The zero-order valence-electron chi connectivity index (χ0n) is 11.2. The van der Waals surface area contributed by atoms with Gasteiger partial charge in [-0.2, -0.15) is 0 Å². The summed E-state index contributed by atoms with van der Waals surface area (Å²) in [6, 6.07) is 9.96. The molecule has 0 bridgehead atoms. The number of hydrogen-bond acceptors (Lipinski definition) is 5. The van der Waals surface area contributed by atoms with Gasteiger partial charge in [0.05, 0.1) is 5.69 Å². The molecule has 2 rings (SSSR count). The van der Waals surface area contributed by atoms with Crippen LogP contribution in [0.15, 0.2) is 30.3 Å². The Morgan fingerprint density at radius 3 is 2.58 bits per heavy atom. The number of hydrazine groups is 1. The van der Waals surface area contributed by atoms with Crippen LogP contribution >= 0.6 is 0 Å². The third-order valence-electron chi connectivity index (χ3n) is 2.81. The van der Waals surface area contributed by atoms with E-state index < -0.39 is 0 Å². The maximum absolute atomic E-state index is 5.51. The molecule has 1 heterocycles. The first-order chi connectivity index (χ1) is 9.26. The molecule has 3 N–H and O–H groups in total. The number of aromatic nitrogens is 2. The average Bonchev–Trinajstić information content (AvgIpc) is 2.47. The molecule has 0 spiro atoms. The predicted octanol–water partition coefficient (Wildman–Crippen LogP) is 2.27. The lowest BCUT2D eigenvalue weighted by Crippen LogP contribution is -2.13. The number of nitrogens with zero attached hydrogens (tertiary/aromatic N) is 2. The van der Waals surface area contributed by atoms with Gasteiger partial charge in [-0.05, 0) is 13.8 Å². The number of nitrogens with two attached hydrogens (primary N) is 1. The number of ether oxygens (including phenoxy) is 1. The zero-order valence-corrected chi connectivity index (χ0v) is 11.2. The van der Waals surface area contributed by atoms with Crippen molar-refractivity contribution in [2.45, 2.75) is 20.5 Å². The first-order valence-corrected chi connectivity index (χ1v) is 6.23. The molecule has 0 unspecified atom stereocenters. The molecular weight excluding hydrogens is 240 g/mol. The van der Waals surface area contributed by atoms with Gasteiger partial charge in [-0.3, -0.25) is 0 Å². The lowest BCUT2D eigenvalue weighted by atomic mass is 10.1. The molecular formula is C14H18N4O. The highest BCUT2D eigenvalue weighted by Gasteiger charge is 2.11. The molecule has 5 nitrogen and oxygen atoms in total. The van der Waals surface area contributed by atoms with Crippen molar-refractivity contribution < 1.29 is 4.74 Å². The van der Waals surface area contributed by atoms with E-state index in [0.29, 0.717) is 24.9 Å². The first kappa shape index (κ1) is 13.5. The Balaban J connectivity index is 2.46. The third kappa shape index (κ3) is 3.07. The van der Waals surface area contributed by atoms with Gasteiger partial charge in [0.1, 0.15) is 12.4 Å². The minimum absolute atomic E-state index is 0.380. The Bertz CT molecular complexity index is 543. The molecule has 0 aliphatic carbocycles. The van der Waals surface area contributed by atoms with E-state index >= 15 is 0 Å². The smallest absolute Gasteiger partial charge is 0.157 e. The van der Waals surface area contributed by atoms with Crippen molar-refractivity contribution in [2.75, 3.05) is 12.0 Å². The summed E-state index contributed by atoms with van der Waals surface area (Å²) in [6.07, 6.45) is 0. The molecule has 19 heavy (non-hydrogen) atoms. The summed E-state index contributed by atoms with van der Waals surface area (Å²) in [4.78, 5) is 8.90. The van der Waals surface area contributed by atoms with E-state index in [1.165, 1.54) is 0 Å². The van der Waals surface area contributed by atoms with Gasteiger partial charge in [-0.25, -0.2) is 15.8 Å². The van der Waals surface area contributed by atoms with Crippen LogP contribution in [0.1, 0.15) is 18.3 Å². The minimum atomic E-state index is 0.380. The highest BCUT2D eigenvalue weighted by molar-refractivity contribution is 5.67. The zero-order chi connectivity index (χ0) is 13.7. The fourth-order valence-electron chi connectivity index (χ4n) is 1.84. The third-order valence-corrected chi connectivity index (χ3v) is 2.81. The van der Waals surface area contributed by atoms with Gasteiger partial charge in [-0.15, -0.1) is 0 Å². The maximum Gasteiger partial charge on any atom is 0.157 e. The van der Waals surface area contributed by atoms with Gasteiger partial charge in [-0.1, -0.05) is 30.3 Å². The maximum atomic E-state index is 5.51. The summed E-state index contributed by atoms with van der Waals surface area (Å²) < 4.78 is 5.36. The molecule has 5 heteroatoms. The number of hydrogen-bond donors (Lipinski definition) is 2. The van der Waals surface area contributed by atoms with E-state index in [0.717, 1.165) is 16.8 Å². The molecule has 1 aromatic carbocycles. The molecule has 0 saturated carbocycles. The van der Waals surface area contributed by atoms with Gasteiger partial charge in [0.2, 0.25) is 0 Å². The first-order valence-electron chi connectivity index (χ1n) is 6.23. The van der Waals surface area contributed by atoms with Crippen molar-refractivity contribution in [1.29, 1.82) is 0 Å². The molecule has 0 fully saturated rings. The standard InChI is InChI=1S/C14H18N4O/c1-3-19-9-12-16-13(10(2)14(17-12)18-15)11-7-5-4-6-8-11/h4-8H,3,9,15H2,1-2H3,(H,16,17,18). The highest BCUT2D eigenvalue weighted by atomic mass is 16.5. The van der Waals surface area contributed by atoms with Gasteiger partial charge in [0, 0.05) is 17.7 Å². The Labute approximate surface area is 112 Å². The second-order valence-corrected chi connectivity index (χ2v) is 4.11. The Hall–Kier alpha value is -1.98. The SMILES string of the molecule is CCOCc1nc(NN)c(C)c(-c2ccccc2)n1. The highest BCUT2D eigenvalue weighted by Crippen LogP contribution is 2.25. The lowest BCUT2D eigenvalue weighted by molar-refractivity contribution is 0.128. The Kier molecular flexibility index (Phi) is 4.43. The average molecular weight is 258 g/mol. The van der Waals surface area contributed by atoms with Crippen LogP contribution in [0.4, 0.5) is 5.82 Å². The van der Waals surface area contributed by atoms with Crippen molar-refractivity contribution in [2.24, 2.45) is 5.84 Å². The summed E-state index contributed by atoms with van der Waals surface area (Å²) in [5.74, 6) is 6.77. The number of rotatable bonds is 5. The lowest BCUT2D eigenvalue weighted by Gasteiger charge is -2.12. The van der Waals surface area contributed by atoms with Gasteiger partial charge in [0.25, 0.3) is 0 Å². The summed E-state index contributed by atoms with van der Waals surface area (Å²) in [7, 11) is 0. The molecule has 0 aliphatic heterocycles. The monoisotopic (exact) mass is 258 g/mol. The van der Waals surface area contributed by atoms with Crippen molar-refractivity contribution in [3.63, 3.8) is 0 Å². The van der Waals surface area contributed by atoms with E-state index in [-0.39, 0.29) is 0 Å². The van der Waals surface area contributed by atoms with Crippen LogP contribution in [0.3, 0.4) is 0 Å². The number of benzene rings is 1. The fraction of sp³-hybridized carbons (Fsp3) is 0.286. The molecule has 0 radical (unpaired) electrons. The van der Waals surface area contributed by atoms with E-state index in [1.807, 2.05) is 44.2 Å². The second-order valence-electron chi connectivity index (χ2n) is 4.11. The number of nitrogen functional groups attached to an aromatic ring is 1. The van der Waals surface area contributed by atoms with E-state index in [2.05, 4.69) is 15.4 Å². The normalized spacial score (nSPS) is 10.5. The fourth-order valence-corrected chi connectivity index (χ4v) is 1.84. The van der Waals surface area contributed by atoms with Crippen LogP contribution in [0, 0.1) is 6.92 Å². The van der Waals surface area contributed by atoms with Crippen molar-refractivity contribution in [3.05, 3.63) is 41.7 Å². The quantitative estimate of drug-likeness (QED) is 0.635. The van der Waals surface area contributed by atoms with Crippen LogP contribution < -0.4 is 11.3 Å². The van der Waals surface area contributed by atoms with Crippen LogP contribution in [-0.4, -0.2) is 16.6 Å². The molecule has 0 amide bonds. The van der Waals surface area contributed by atoms with Gasteiger partial charge >= 0.3 is 0 Å². The minimum Gasteiger partial charge on any atom is -0.374 e. The largest absolute Gasteiger partial charge is 0.374 e. The Morgan fingerprint density at radius 1 is 1.21 bits per heavy atom. The molecule has 0 aliphatic rings. The van der Waals surface area contributed by atoms with Gasteiger partial charge in [0.15, 0.2) is 5.82 Å². The van der Waals surface area contributed by atoms with E-state index in [4.69, 9.17) is 10.6 Å². The summed E-state index contributed by atoms with van der Waals surface area (Å²) in [5.41, 5.74) is 5.45. The molecule has 0 saturated heterocycles. The van der Waals surface area contributed by atoms with Crippen molar-refractivity contribution >= 4 is 5.82 Å².